The highest BCUT2D eigenvalue weighted by Crippen LogP contribution is 2.12. The van der Waals surface area contributed by atoms with Crippen LogP contribution >= 0.6 is 0 Å². The second-order valence-corrected chi connectivity index (χ2v) is 5.75. The minimum absolute atomic E-state index is 0.179. The molecule has 1 saturated heterocycles. The van der Waals surface area contributed by atoms with Gasteiger partial charge in [-0.3, -0.25) is 4.79 Å². The molecule has 20 heavy (non-hydrogen) atoms. The summed E-state index contributed by atoms with van der Waals surface area (Å²) in [5.74, 6) is 0.179. The van der Waals surface area contributed by atoms with Crippen molar-refractivity contribution in [2.75, 3.05) is 33.2 Å². The van der Waals surface area contributed by atoms with Gasteiger partial charge in [-0.25, -0.2) is 0 Å². The molecule has 1 heterocycles. The van der Waals surface area contributed by atoms with E-state index in [0.29, 0.717) is 0 Å². The van der Waals surface area contributed by atoms with Crippen LogP contribution in [0.5, 0.6) is 0 Å². The number of carbonyl (C=O) groups excluding carboxylic acids is 1. The quantitative estimate of drug-likeness (QED) is 0.771. The van der Waals surface area contributed by atoms with Gasteiger partial charge in [0.15, 0.2) is 0 Å². The maximum atomic E-state index is 12.4. The van der Waals surface area contributed by atoms with Crippen LogP contribution in [0.15, 0.2) is 24.3 Å². The average molecular weight is 274 g/mol. The average Bonchev–Trinajstić information content (AvgIpc) is 2.48. The number of hydrogen-bond donors (Lipinski definition) is 0. The van der Waals surface area contributed by atoms with Crippen molar-refractivity contribution in [1.82, 2.24) is 9.80 Å². The molecule has 0 saturated carbocycles. The van der Waals surface area contributed by atoms with Crippen LogP contribution in [-0.4, -0.2) is 48.9 Å². The molecule has 0 spiro atoms. The molecule has 3 nitrogen and oxygen atoms in total. The summed E-state index contributed by atoms with van der Waals surface area (Å²) in [5, 5.41) is 0. The van der Waals surface area contributed by atoms with Crippen molar-refractivity contribution in [2.24, 2.45) is 0 Å². The molecule has 1 aromatic carbocycles. The molecule has 0 bridgehead atoms. The van der Waals surface area contributed by atoms with Crippen LogP contribution in [0.25, 0.3) is 0 Å². The Labute approximate surface area is 122 Å². The van der Waals surface area contributed by atoms with Crippen molar-refractivity contribution in [2.45, 2.75) is 32.6 Å². The zero-order chi connectivity index (χ0) is 14.4. The molecule has 0 unspecified atom stereocenters. The minimum atomic E-state index is 0.179. The van der Waals surface area contributed by atoms with E-state index in [0.717, 1.165) is 38.2 Å². The molecule has 0 atom stereocenters. The Bertz CT molecular complexity index is 419. The lowest BCUT2D eigenvalue weighted by atomic mass is 10.0. The zero-order valence-electron chi connectivity index (χ0n) is 12.8. The van der Waals surface area contributed by atoms with Crippen LogP contribution < -0.4 is 0 Å². The molecule has 1 aliphatic heterocycles. The van der Waals surface area contributed by atoms with Gasteiger partial charge in [0.25, 0.3) is 5.91 Å². The van der Waals surface area contributed by atoms with Crippen LogP contribution in [0.1, 0.15) is 42.1 Å². The first-order valence-corrected chi connectivity index (χ1v) is 7.77. The summed E-state index contributed by atoms with van der Waals surface area (Å²) in [6, 6.07) is 8.20. The highest BCUT2D eigenvalue weighted by atomic mass is 16.2. The third-order valence-electron chi connectivity index (χ3n) is 4.06. The van der Waals surface area contributed by atoms with Gasteiger partial charge in [-0.05, 0) is 37.6 Å². The number of amides is 1. The van der Waals surface area contributed by atoms with Crippen molar-refractivity contribution >= 4 is 5.91 Å². The maximum Gasteiger partial charge on any atom is 0.253 e. The Morgan fingerprint density at radius 3 is 2.30 bits per heavy atom. The van der Waals surface area contributed by atoms with Gasteiger partial charge >= 0.3 is 0 Å². The zero-order valence-corrected chi connectivity index (χ0v) is 12.8. The first-order chi connectivity index (χ1) is 9.70. The smallest absolute Gasteiger partial charge is 0.253 e. The Morgan fingerprint density at radius 2 is 1.70 bits per heavy atom. The summed E-state index contributed by atoms with van der Waals surface area (Å²) in [6.45, 7) is 5.85. The molecule has 1 aliphatic rings. The van der Waals surface area contributed by atoms with E-state index in [4.69, 9.17) is 0 Å². The van der Waals surface area contributed by atoms with E-state index < -0.39 is 0 Å². The summed E-state index contributed by atoms with van der Waals surface area (Å²) in [7, 11) is 2.10. The molecule has 2 rings (SSSR count). The highest BCUT2D eigenvalue weighted by molar-refractivity contribution is 5.94. The number of piperazine rings is 1. The van der Waals surface area contributed by atoms with Crippen LogP contribution in [0.4, 0.5) is 0 Å². The van der Waals surface area contributed by atoms with E-state index >= 15 is 0 Å². The van der Waals surface area contributed by atoms with Crippen molar-refractivity contribution in [3.05, 3.63) is 35.4 Å². The van der Waals surface area contributed by atoms with Crippen molar-refractivity contribution in [1.29, 1.82) is 0 Å². The van der Waals surface area contributed by atoms with E-state index in [-0.39, 0.29) is 5.91 Å². The standard InChI is InChI=1S/C17H26N2O/c1-3-4-5-6-15-7-9-16(10-8-15)17(20)19-13-11-18(2)12-14-19/h7-10H,3-6,11-14H2,1-2H3. The molecular formula is C17H26N2O. The third-order valence-corrected chi connectivity index (χ3v) is 4.06. The Balaban J connectivity index is 1.90. The van der Waals surface area contributed by atoms with E-state index in [1.54, 1.807) is 0 Å². The van der Waals surface area contributed by atoms with Crippen molar-refractivity contribution in [3.8, 4) is 0 Å². The number of carbonyl (C=O) groups is 1. The molecule has 0 radical (unpaired) electrons. The molecule has 3 heteroatoms. The van der Waals surface area contributed by atoms with Crippen molar-refractivity contribution in [3.63, 3.8) is 0 Å². The summed E-state index contributed by atoms with van der Waals surface area (Å²) >= 11 is 0. The van der Waals surface area contributed by atoms with Gasteiger partial charge in [-0.2, -0.15) is 0 Å². The normalized spacial score (nSPS) is 16.4. The Hall–Kier alpha value is -1.35. The fourth-order valence-electron chi connectivity index (χ4n) is 2.59. The maximum absolute atomic E-state index is 12.4. The number of nitrogens with zero attached hydrogens (tertiary/aromatic N) is 2. The summed E-state index contributed by atoms with van der Waals surface area (Å²) in [6.07, 6.45) is 4.89. The summed E-state index contributed by atoms with van der Waals surface area (Å²) < 4.78 is 0. The summed E-state index contributed by atoms with van der Waals surface area (Å²) in [4.78, 5) is 16.6. The first kappa shape index (κ1) is 15.0. The van der Waals surface area contributed by atoms with E-state index in [1.165, 1.54) is 24.8 Å². The Kier molecular flexibility index (Phi) is 5.60. The van der Waals surface area contributed by atoms with Crippen LogP contribution in [0, 0.1) is 0 Å². The van der Waals surface area contributed by atoms with Crippen LogP contribution in [0.3, 0.4) is 0 Å². The van der Waals surface area contributed by atoms with Gasteiger partial charge in [-0.1, -0.05) is 31.9 Å². The van der Waals surface area contributed by atoms with E-state index in [1.807, 2.05) is 17.0 Å². The number of benzene rings is 1. The number of unbranched alkanes of at least 4 members (excludes halogenated alkanes) is 2. The topological polar surface area (TPSA) is 23.6 Å². The molecule has 1 amide bonds. The monoisotopic (exact) mass is 274 g/mol. The van der Waals surface area contributed by atoms with Gasteiger partial charge in [0.2, 0.25) is 0 Å². The second-order valence-electron chi connectivity index (χ2n) is 5.75. The highest BCUT2D eigenvalue weighted by Gasteiger charge is 2.19. The third kappa shape index (κ3) is 4.07. The summed E-state index contributed by atoms with van der Waals surface area (Å²) in [5.41, 5.74) is 2.17. The predicted molar refractivity (Wildman–Crippen MR) is 83.1 cm³/mol. The largest absolute Gasteiger partial charge is 0.336 e. The molecule has 0 aliphatic carbocycles. The predicted octanol–water partition coefficient (Wildman–Crippen LogP) is 2.81. The van der Waals surface area contributed by atoms with Crippen LogP contribution in [0.2, 0.25) is 0 Å². The SMILES string of the molecule is CCCCCc1ccc(C(=O)N2CCN(C)CC2)cc1. The molecule has 0 aromatic heterocycles. The fourth-order valence-corrected chi connectivity index (χ4v) is 2.59. The molecule has 0 N–H and O–H groups in total. The van der Waals surface area contributed by atoms with Gasteiger partial charge in [0.05, 0.1) is 0 Å². The number of aryl methyl sites for hydroxylation is 1. The van der Waals surface area contributed by atoms with Gasteiger partial charge in [0, 0.05) is 31.7 Å². The van der Waals surface area contributed by atoms with E-state index in [2.05, 4.69) is 31.0 Å². The van der Waals surface area contributed by atoms with Gasteiger partial charge in [-0.15, -0.1) is 0 Å². The lowest BCUT2D eigenvalue weighted by molar-refractivity contribution is 0.0664. The molecule has 110 valence electrons. The first-order valence-electron chi connectivity index (χ1n) is 7.77. The number of likely N-dealkylation sites (N-methyl/N-ethyl adjacent to an activating group) is 1. The minimum Gasteiger partial charge on any atom is -0.336 e. The number of rotatable bonds is 5. The van der Waals surface area contributed by atoms with Crippen LogP contribution in [-0.2, 0) is 6.42 Å². The molecule has 1 fully saturated rings. The second kappa shape index (κ2) is 7.44. The molecular weight excluding hydrogens is 248 g/mol. The fraction of sp³-hybridized carbons (Fsp3) is 0.588. The molecule has 1 aromatic rings. The lowest BCUT2D eigenvalue weighted by Crippen LogP contribution is -2.47. The van der Waals surface area contributed by atoms with E-state index in [9.17, 15) is 4.79 Å². The Morgan fingerprint density at radius 1 is 1.05 bits per heavy atom. The van der Waals surface area contributed by atoms with Crippen molar-refractivity contribution < 1.29 is 4.79 Å². The lowest BCUT2D eigenvalue weighted by Gasteiger charge is -2.32. The van der Waals surface area contributed by atoms with Gasteiger partial charge in [0.1, 0.15) is 0 Å². The van der Waals surface area contributed by atoms with Gasteiger partial charge < -0.3 is 9.80 Å². The number of hydrogen-bond acceptors (Lipinski definition) is 2.